The highest BCUT2D eigenvalue weighted by Crippen LogP contribution is 2.08. The van der Waals surface area contributed by atoms with Gasteiger partial charge in [-0.05, 0) is 24.5 Å². The molecule has 3 amide bonds. The number of aromatic nitrogens is 1. The number of rotatable bonds is 5. The van der Waals surface area contributed by atoms with Crippen molar-refractivity contribution >= 4 is 11.9 Å². The lowest BCUT2D eigenvalue weighted by Crippen LogP contribution is -2.53. The molecule has 0 bridgehead atoms. The van der Waals surface area contributed by atoms with E-state index in [-0.39, 0.29) is 11.9 Å². The molecule has 0 aromatic carbocycles. The molecule has 1 aliphatic heterocycles. The minimum Gasteiger partial charge on any atom is -0.357 e. The van der Waals surface area contributed by atoms with E-state index in [2.05, 4.69) is 24.1 Å². The SMILES string of the molecule is CC[C@H](C)CCNC(=O)N1CCN(C(=O)c2ccc[nH]2)CC1. The van der Waals surface area contributed by atoms with E-state index in [9.17, 15) is 9.59 Å². The third-order valence-electron chi connectivity index (χ3n) is 4.29. The van der Waals surface area contributed by atoms with Crippen LogP contribution in [0.2, 0.25) is 0 Å². The maximum atomic E-state index is 12.2. The molecule has 22 heavy (non-hydrogen) atoms. The minimum atomic E-state index is -0.0183. The molecule has 1 aromatic heterocycles. The van der Waals surface area contributed by atoms with Crippen LogP contribution in [0, 0.1) is 5.92 Å². The van der Waals surface area contributed by atoms with Crippen molar-refractivity contribution in [3.63, 3.8) is 0 Å². The fourth-order valence-electron chi connectivity index (χ4n) is 2.49. The average molecular weight is 306 g/mol. The first-order valence-corrected chi connectivity index (χ1v) is 8.07. The zero-order valence-electron chi connectivity index (χ0n) is 13.5. The number of nitrogens with zero attached hydrogens (tertiary/aromatic N) is 2. The minimum absolute atomic E-state index is 0.00169. The van der Waals surface area contributed by atoms with Gasteiger partial charge in [0.25, 0.3) is 5.91 Å². The van der Waals surface area contributed by atoms with Crippen molar-refractivity contribution in [3.8, 4) is 0 Å². The molecular weight excluding hydrogens is 280 g/mol. The number of piperazine rings is 1. The number of urea groups is 1. The maximum absolute atomic E-state index is 12.2. The Labute approximate surface area is 131 Å². The zero-order chi connectivity index (χ0) is 15.9. The van der Waals surface area contributed by atoms with Gasteiger partial charge >= 0.3 is 6.03 Å². The summed E-state index contributed by atoms with van der Waals surface area (Å²) in [5.41, 5.74) is 0.603. The summed E-state index contributed by atoms with van der Waals surface area (Å²) in [6, 6.07) is 3.57. The predicted molar refractivity (Wildman–Crippen MR) is 85.7 cm³/mol. The standard InChI is InChI=1S/C16H26N4O2/c1-3-13(2)6-8-18-16(22)20-11-9-19(10-12-20)15(21)14-5-4-7-17-14/h4-5,7,13,17H,3,6,8-12H2,1-2H3,(H,18,22)/t13-/m0/s1. The molecule has 6 heteroatoms. The summed E-state index contributed by atoms with van der Waals surface area (Å²) in [4.78, 5) is 30.8. The lowest BCUT2D eigenvalue weighted by Gasteiger charge is -2.34. The van der Waals surface area contributed by atoms with Gasteiger partial charge in [0.2, 0.25) is 0 Å². The van der Waals surface area contributed by atoms with E-state index in [1.807, 2.05) is 6.07 Å². The van der Waals surface area contributed by atoms with Crippen molar-refractivity contribution in [3.05, 3.63) is 24.0 Å². The first-order chi connectivity index (χ1) is 10.6. The summed E-state index contributed by atoms with van der Waals surface area (Å²) < 4.78 is 0. The smallest absolute Gasteiger partial charge is 0.317 e. The molecule has 0 spiro atoms. The molecule has 6 nitrogen and oxygen atoms in total. The summed E-state index contributed by atoms with van der Waals surface area (Å²) in [5, 5.41) is 2.97. The lowest BCUT2D eigenvalue weighted by molar-refractivity contribution is 0.0660. The molecule has 2 N–H and O–H groups in total. The molecule has 1 aromatic rings. The maximum Gasteiger partial charge on any atom is 0.317 e. The summed E-state index contributed by atoms with van der Waals surface area (Å²) >= 11 is 0. The number of carbonyl (C=O) groups is 2. The van der Waals surface area contributed by atoms with Crippen molar-refractivity contribution in [1.82, 2.24) is 20.1 Å². The first-order valence-electron chi connectivity index (χ1n) is 8.07. The molecule has 2 rings (SSSR count). The number of H-pyrrole nitrogens is 1. The van der Waals surface area contributed by atoms with Gasteiger partial charge in [0.05, 0.1) is 0 Å². The van der Waals surface area contributed by atoms with Gasteiger partial charge in [-0.2, -0.15) is 0 Å². The Hall–Kier alpha value is -1.98. The molecule has 122 valence electrons. The van der Waals surface area contributed by atoms with E-state index in [0.29, 0.717) is 37.8 Å². The van der Waals surface area contributed by atoms with Crippen molar-refractivity contribution < 1.29 is 9.59 Å². The highest BCUT2D eigenvalue weighted by atomic mass is 16.2. The molecule has 0 unspecified atom stereocenters. The van der Waals surface area contributed by atoms with Crippen LogP contribution in [0.15, 0.2) is 18.3 Å². The van der Waals surface area contributed by atoms with E-state index in [4.69, 9.17) is 0 Å². The van der Waals surface area contributed by atoms with Crippen LogP contribution in [0.5, 0.6) is 0 Å². The number of amides is 3. The second kappa shape index (κ2) is 7.87. The Kier molecular flexibility index (Phi) is 5.86. The number of carbonyl (C=O) groups excluding carboxylic acids is 2. The van der Waals surface area contributed by atoms with E-state index in [0.717, 1.165) is 19.4 Å². The van der Waals surface area contributed by atoms with E-state index in [1.54, 1.807) is 22.1 Å². The van der Waals surface area contributed by atoms with Crippen LogP contribution in [-0.2, 0) is 0 Å². The first kappa shape index (κ1) is 16.4. The number of hydrogen-bond donors (Lipinski definition) is 2. The van der Waals surface area contributed by atoms with E-state index >= 15 is 0 Å². The van der Waals surface area contributed by atoms with Crippen LogP contribution < -0.4 is 5.32 Å². The number of aromatic amines is 1. The molecule has 1 atom stereocenters. The normalized spacial score (nSPS) is 16.5. The summed E-state index contributed by atoms with van der Waals surface area (Å²) in [6.45, 7) is 7.40. The second-order valence-corrected chi connectivity index (χ2v) is 5.90. The van der Waals surface area contributed by atoms with Crippen molar-refractivity contribution in [2.75, 3.05) is 32.7 Å². The Morgan fingerprint density at radius 2 is 1.95 bits per heavy atom. The fourth-order valence-corrected chi connectivity index (χ4v) is 2.49. The summed E-state index contributed by atoms with van der Waals surface area (Å²) in [6.07, 6.45) is 3.89. The van der Waals surface area contributed by atoms with Crippen LogP contribution in [0.1, 0.15) is 37.2 Å². The summed E-state index contributed by atoms with van der Waals surface area (Å²) in [5.74, 6) is 0.636. The molecule has 1 fully saturated rings. The molecular formula is C16H26N4O2. The molecule has 0 saturated carbocycles. The highest BCUT2D eigenvalue weighted by Gasteiger charge is 2.24. The summed E-state index contributed by atoms with van der Waals surface area (Å²) in [7, 11) is 0. The van der Waals surface area contributed by atoms with Crippen LogP contribution in [0.4, 0.5) is 4.79 Å². The quantitative estimate of drug-likeness (QED) is 0.872. The Balaban J connectivity index is 1.72. The molecule has 1 aliphatic rings. The zero-order valence-corrected chi connectivity index (χ0v) is 13.5. The van der Waals surface area contributed by atoms with Gasteiger partial charge in [0, 0.05) is 38.9 Å². The van der Waals surface area contributed by atoms with Gasteiger partial charge in [-0.3, -0.25) is 4.79 Å². The molecule has 2 heterocycles. The average Bonchev–Trinajstić information content (AvgIpc) is 3.08. The van der Waals surface area contributed by atoms with E-state index < -0.39 is 0 Å². The van der Waals surface area contributed by atoms with Crippen LogP contribution >= 0.6 is 0 Å². The van der Waals surface area contributed by atoms with Gasteiger partial charge < -0.3 is 20.1 Å². The van der Waals surface area contributed by atoms with Crippen LogP contribution in [0.25, 0.3) is 0 Å². The van der Waals surface area contributed by atoms with Crippen molar-refractivity contribution in [2.24, 2.45) is 5.92 Å². The Morgan fingerprint density at radius 1 is 1.27 bits per heavy atom. The topological polar surface area (TPSA) is 68.4 Å². The third-order valence-corrected chi connectivity index (χ3v) is 4.29. The van der Waals surface area contributed by atoms with Crippen molar-refractivity contribution in [1.29, 1.82) is 0 Å². The highest BCUT2D eigenvalue weighted by molar-refractivity contribution is 5.92. The van der Waals surface area contributed by atoms with Gasteiger partial charge in [-0.25, -0.2) is 4.79 Å². The monoisotopic (exact) mass is 306 g/mol. The number of hydrogen-bond acceptors (Lipinski definition) is 2. The van der Waals surface area contributed by atoms with Gasteiger partial charge in [0.15, 0.2) is 0 Å². The molecule has 0 aliphatic carbocycles. The second-order valence-electron chi connectivity index (χ2n) is 5.90. The Morgan fingerprint density at radius 3 is 2.55 bits per heavy atom. The van der Waals surface area contributed by atoms with Crippen LogP contribution in [-0.4, -0.2) is 59.4 Å². The van der Waals surface area contributed by atoms with Crippen LogP contribution in [0.3, 0.4) is 0 Å². The predicted octanol–water partition coefficient (Wildman–Crippen LogP) is 1.92. The lowest BCUT2D eigenvalue weighted by atomic mass is 10.1. The fraction of sp³-hybridized carbons (Fsp3) is 0.625. The van der Waals surface area contributed by atoms with Gasteiger partial charge in [-0.1, -0.05) is 20.3 Å². The van der Waals surface area contributed by atoms with E-state index in [1.165, 1.54) is 0 Å². The molecule has 1 saturated heterocycles. The number of nitrogens with one attached hydrogen (secondary N) is 2. The van der Waals surface area contributed by atoms with Gasteiger partial charge in [0.1, 0.15) is 5.69 Å². The Bertz CT molecular complexity index is 478. The largest absolute Gasteiger partial charge is 0.357 e. The van der Waals surface area contributed by atoms with Gasteiger partial charge in [-0.15, -0.1) is 0 Å². The molecule has 0 radical (unpaired) electrons. The third kappa shape index (κ3) is 4.26. The van der Waals surface area contributed by atoms with Crippen molar-refractivity contribution in [2.45, 2.75) is 26.7 Å².